The molecule has 1 aliphatic heterocycles. The van der Waals surface area contributed by atoms with E-state index in [0.717, 1.165) is 4.90 Å². The molecule has 11 nitrogen and oxygen atoms in total. The van der Waals surface area contributed by atoms with E-state index < -0.39 is 34.5 Å². The SMILES string of the molecule is CCCOC(=O)c1cc(NC(=O)CN2C(=O)S/C(=C/c3ccc(-c4ccc([N+](=O)[O-])cc4Br)o3)C2=O)ccc1Cl. The van der Waals surface area contributed by atoms with Crippen LogP contribution in [-0.2, 0) is 14.3 Å². The molecule has 0 unspecified atom stereocenters. The Morgan fingerprint density at radius 3 is 2.67 bits per heavy atom. The van der Waals surface area contributed by atoms with Crippen LogP contribution in [0.25, 0.3) is 17.4 Å². The Bertz CT molecular complexity index is 1570. The van der Waals surface area contributed by atoms with Gasteiger partial charge in [0.05, 0.1) is 27.0 Å². The van der Waals surface area contributed by atoms with Crippen molar-refractivity contribution < 1.29 is 33.3 Å². The van der Waals surface area contributed by atoms with E-state index in [-0.39, 0.29) is 39.2 Å². The largest absolute Gasteiger partial charge is 0.462 e. The van der Waals surface area contributed by atoms with Gasteiger partial charge in [-0.2, -0.15) is 0 Å². The summed E-state index contributed by atoms with van der Waals surface area (Å²) in [7, 11) is 0. The van der Waals surface area contributed by atoms with E-state index in [1.807, 2.05) is 6.92 Å². The summed E-state index contributed by atoms with van der Waals surface area (Å²) < 4.78 is 11.3. The molecular formula is C26H19BrClN3O8S. The molecule has 0 aliphatic carbocycles. The topological polar surface area (TPSA) is 149 Å². The summed E-state index contributed by atoms with van der Waals surface area (Å²) in [5.74, 6) is -1.34. The van der Waals surface area contributed by atoms with Gasteiger partial charge in [0.1, 0.15) is 18.1 Å². The zero-order valence-corrected chi connectivity index (χ0v) is 23.8. The van der Waals surface area contributed by atoms with Gasteiger partial charge in [-0.05, 0) is 70.5 Å². The third-order valence-corrected chi connectivity index (χ3v) is 7.30. The summed E-state index contributed by atoms with van der Waals surface area (Å²) >= 11 is 10.0. The van der Waals surface area contributed by atoms with Crippen LogP contribution in [0.5, 0.6) is 0 Å². The molecular weight excluding hydrogens is 630 g/mol. The first-order chi connectivity index (χ1) is 19.1. The van der Waals surface area contributed by atoms with Crippen molar-refractivity contribution in [2.75, 3.05) is 18.5 Å². The molecule has 14 heteroatoms. The van der Waals surface area contributed by atoms with E-state index in [0.29, 0.717) is 34.0 Å². The molecule has 1 N–H and O–H groups in total. The highest BCUT2D eigenvalue weighted by Crippen LogP contribution is 2.35. The first kappa shape index (κ1) is 29.1. The van der Waals surface area contributed by atoms with E-state index in [1.54, 1.807) is 12.1 Å². The molecule has 0 radical (unpaired) electrons. The van der Waals surface area contributed by atoms with Gasteiger partial charge >= 0.3 is 5.97 Å². The fraction of sp³-hybridized carbons (Fsp3) is 0.154. The molecule has 0 bridgehead atoms. The van der Waals surface area contributed by atoms with Crippen LogP contribution in [0.3, 0.4) is 0 Å². The maximum Gasteiger partial charge on any atom is 0.339 e. The maximum absolute atomic E-state index is 12.9. The number of nitro groups is 1. The fourth-order valence-corrected chi connectivity index (χ4v) is 5.11. The van der Waals surface area contributed by atoms with Crippen molar-refractivity contribution >= 4 is 79.8 Å². The smallest absolute Gasteiger partial charge is 0.339 e. The summed E-state index contributed by atoms with van der Waals surface area (Å²) in [5.41, 5.74) is 0.770. The number of anilines is 1. The van der Waals surface area contributed by atoms with Crippen molar-refractivity contribution in [2.45, 2.75) is 13.3 Å². The number of imide groups is 1. The molecule has 0 saturated carbocycles. The van der Waals surface area contributed by atoms with Crippen LogP contribution in [0.2, 0.25) is 5.02 Å². The van der Waals surface area contributed by atoms with Crippen LogP contribution in [0.15, 0.2) is 62.3 Å². The van der Waals surface area contributed by atoms with Gasteiger partial charge in [0.25, 0.3) is 16.8 Å². The normalized spacial score (nSPS) is 14.1. The highest BCUT2D eigenvalue weighted by Gasteiger charge is 2.36. The lowest BCUT2D eigenvalue weighted by Gasteiger charge is -2.13. The zero-order chi connectivity index (χ0) is 29.0. The number of esters is 1. The predicted octanol–water partition coefficient (Wildman–Crippen LogP) is 6.51. The number of nitrogens with one attached hydrogen (secondary N) is 1. The van der Waals surface area contributed by atoms with Crippen molar-refractivity contribution in [1.29, 1.82) is 0 Å². The number of amides is 3. The monoisotopic (exact) mass is 647 g/mol. The van der Waals surface area contributed by atoms with E-state index >= 15 is 0 Å². The van der Waals surface area contributed by atoms with E-state index in [4.69, 9.17) is 20.8 Å². The number of carbonyl (C=O) groups is 4. The summed E-state index contributed by atoms with van der Waals surface area (Å²) in [6.07, 6.45) is 2.00. The first-order valence-electron chi connectivity index (χ1n) is 11.6. The van der Waals surface area contributed by atoms with E-state index in [2.05, 4.69) is 21.2 Å². The molecule has 206 valence electrons. The molecule has 4 rings (SSSR count). The highest BCUT2D eigenvalue weighted by atomic mass is 79.9. The van der Waals surface area contributed by atoms with Crippen LogP contribution < -0.4 is 5.32 Å². The lowest BCUT2D eigenvalue weighted by Crippen LogP contribution is -2.36. The van der Waals surface area contributed by atoms with Gasteiger partial charge in [0, 0.05) is 33.9 Å². The molecule has 1 saturated heterocycles. The third-order valence-electron chi connectivity index (χ3n) is 5.41. The van der Waals surface area contributed by atoms with Gasteiger partial charge in [-0.25, -0.2) is 4.79 Å². The molecule has 0 atom stereocenters. The Morgan fingerprint density at radius 1 is 1.20 bits per heavy atom. The lowest BCUT2D eigenvalue weighted by atomic mass is 10.1. The minimum Gasteiger partial charge on any atom is -0.462 e. The number of hydrogen-bond acceptors (Lipinski definition) is 9. The number of furan rings is 1. The lowest BCUT2D eigenvalue weighted by molar-refractivity contribution is -0.384. The van der Waals surface area contributed by atoms with Crippen LogP contribution >= 0.6 is 39.3 Å². The summed E-state index contributed by atoms with van der Waals surface area (Å²) in [6.45, 7) is 1.50. The Hall–Kier alpha value is -3.94. The Kier molecular flexibility index (Phi) is 9.07. The molecule has 3 aromatic rings. The zero-order valence-electron chi connectivity index (χ0n) is 20.6. The molecule has 0 spiro atoms. The van der Waals surface area contributed by atoms with Gasteiger partial charge in [0.2, 0.25) is 5.91 Å². The minimum absolute atomic E-state index is 0.0499. The number of carbonyl (C=O) groups excluding carboxylic acids is 4. The van der Waals surface area contributed by atoms with E-state index in [1.165, 1.54) is 42.5 Å². The summed E-state index contributed by atoms with van der Waals surface area (Å²) in [4.78, 5) is 61.5. The Balaban J connectivity index is 1.43. The second kappa shape index (κ2) is 12.5. The first-order valence-corrected chi connectivity index (χ1v) is 13.6. The Morgan fingerprint density at radius 2 is 1.98 bits per heavy atom. The van der Waals surface area contributed by atoms with Crippen molar-refractivity contribution in [2.24, 2.45) is 0 Å². The number of nitro benzene ring substituents is 1. The van der Waals surface area contributed by atoms with Gasteiger partial charge in [-0.1, -0.05) is 18.5 Å². The Labute approximate surface area is 244 Å². The average molecular weight is 649 g/mol. The second-order valence-corrected chi connectivity index (χ2v) is 10.5. The number of nitrogens with zero attached hydrogens (tertiary/aromatic N) is 2. The second-order valence-electron chi connectivity index (χ2n) is 8.27. The van der Waals surface area contributed by atoms with Gasteiger partial charge in [-0.15, -0.1) is 0 Å². The predicted molar refractivity (Wildman–Crippen MR) is 152 cm³/mol. The maximum atomic E-state index is 12.9. The average Bonchev–Trinajstić information content (AvgIpc) is 3.48. The number of hydrogen-bond donors (Lipinski definition) is 1. The van der Waals surface area contributed by atoms with E-state index in [9.17, 15) is 29.3 Å². The van der Waals surface area contributed by atoms with Crippen LogP contribution in [0.4, 0.5) is 16.2 Å². The van der Waals surface area contributed by atoms with Crippen LogP contribution in [0, 0.1) is 10.1 Å². The van der Waals surface area contributed by atoms with Crippen LogP contribution in [-0.4, -0.2) is 46.0 Å². The summed E-state index contributed by atoms with van der Waals surface area (Å²) in [6, 6.07) is 11.6. The highest BCUT2D eigenvalue weighted by molar-refractivity contribution is 9.10. The van der Waals surface area contributed by atoms with Crippen molar-refractivity contribution in [3.05, 3.63) is 84.4 Å². The standard InChI is InChI=1S/C26H19BrClN3O8S/c1-2-9-38-25(34)18-10-14(3-7-20(18)28)29-23(32)13-30-24(33)22(40-26(30)35)12-16-5-8-21(39-16)17-6-4-15(31(36)37)11-19(17)27/h3-8,10-12H,2,9,13H2,1H3,(H,29,32)/b22-12+. The molecule has 40 heavy (non-hydrogen) atoms. The number of benzene rings is 2. The molecule has 1 fully saturated rings. The van der Waals surface area contributed by atoms with Crippen molar-refractivity contribution in [3.63, 3.8) is 0 Å². The molecule has 1 aliphatic rings. The van der Waals surface area contributed by atoms with Gasteiger partial charge in [0.15, 0.2) is 0 Å². The third kappa shape index (κ3) is 6.61. The van der Waals surface area contributed by atoms with Crippen molar-refractivity contribution in [1.82, 2.24) is 4.90 Å². The van der Waals surface area contributed by atoms with Gasteiger partial charge < -0.3 is 14.5 Å². The fourth-order valence-electron chi connectivity index (χ4n) is 3.53. The van der Waals surface area contributed by atoms with Crippen LogP contribution in [0.1, 0.15) is 29.5 Å². The molecule has 2 aromatic carbocycles. The van der Waals surface area contributed by atoms with Crippen molar-refractivity contribution in [3.8, 4) is 11.3 Å². The quantitative estimate of drug-likeness (QED) is 0.119. The molecule has 1 aromatic heterocycles. The number of non-ortho nitro benzene ring substituents is 1. The van der Waals surface area contributed by atoms with Gasteiger partial charge in [-0.3, -0.25) is 29.4 Å². The number of rotatable bonds is 9. The number of ether oxygens (including phenoxy) is 1. The number of halogens is 2. The molecule has 3 amide bonds. The minimum atomic E-state index is -0.681. The number of thioether (sulfide) groups is 1. The molecule has 2 heterocycles. The summed E-state index contributed by atoms with van der Waals surface area (Å²) in [5, 5.41) is 13.0.